The molecule has 2 aromatic rings. The van der Waals surface area contributed by atoms with E-state index in [2.05, 4.69) is 16.6 Å². The Bertz CT molecular complexity index is 637. The smallest absolute Gasteiger partial charge is 0.311 e. The van der Waals surface area contributed by atoms with Crippen LogP contribution in [-0.4, -0.2) is 24.7 Å². The van der Waals surface area contributed by atoms with Gasteiger partial charge in [-0.25, -0.2) is 0 Å². The van der Waals surface area contributed by atoms with Crippen molar-refractivity contribution in [1.82, 2.24) is 4.98 Å². The van der Waals surface area contributed by atoms with Gasteiger partial charge in [-0.2, -0.15) is 0 Å². The highest BCUT2D eigenvalue weighted by molar-refractivity contribution is 5.84. The van der Waals surface area contributed by atoms with Crippen molar-refractivity contribution in [2.45, 2.75) is 33.1 Å². The molecule has 0 spiro atoms. The molecule has 0 aliphatic rings. The van der Waals surface area contributed by atoms with E-state index in [4.69, 9.17) is 4.74 Å². The molecule has 0 saturated carbocycles. The Labute approximate surface area is 125 Å². The zero-order valence-electron chi connectivity index (χ0n) is 12.8. The van der Waals surface area contributed by atoms with Crippen LogP contribution in [0.3, 0.4) is 0 Å². The summed E-state index contributed by atoms with van der Waals surface area (Å²) in [5.74, 6) is 0.585. The SMILES string of the molecule is CCCCOc1ccc2nc(CC(=O)OC)cc(C)c2c1. The average molecular weight is 287 g/mol. The molecule has 0 amide bonds. The number of carbonyl (C=O) groups excluding carboxylic acids is 1. The molecule has 0 bridgehead atoms. The minimum Gasteiger partial charge on any atom is -0.494 e. The van der Waals surface area contributed by atoms with Crippen LogP contribution in [-0.2, 0) is 16.0 Å². The number of unbranched alkanes of at least 4 members (excludes halogenated alkanes) is 1. The molecule has 4 nitrogen and oxygen atoms in total. The normalized spacial score (nSPS) is 10.6. The molecule has 0 aliphatic carbocycles. The zero-order valence-corrected chi connectivity index (χ0v) is 12.8. The van der Waals surface area contributed by atoms with Gasteiger partial charge in [0, 0.05) is 5.39 Å². The summed E-state index contributed by atoms with van der Waals surface area (Å²) < 4.78 is 10.4. The number of aromatic nitrogens is 1. The highest BCUT2D eigenvalue weighted by Crippen LogP contribution is 2.23. The minimum atomic E-state index is -0.277. The number of carbonyl (C=O) groups is 1. The quantitative estimate of drug-likeness (QED) is 0.603. The van der Waals surface area contributed by atoms with Gasteiger partial charge in [-0.05, 0) is 43.2 Å². The number of aryl methyl sites for hydroxylation is 1. The lowest BCUT2D eigenvalue weighted by atomic mass is 10.1. The molecule has 0 atom stereocenters. The second kappa shape index (κ2) is 7.07. The van der Waals surface area contributed by atoms with Crippen LogP contribution in [0.5, 0.6) is 5.75 Å². The van der Waals surface area contributed by atoms with E-state index < -0.39 is 0 Å². The Morgan fingerprint density at radius 3 is 2.81 bits per heavy atom. The van der Waals surface area contributed by atoms with E-state index in [0.717, 1.165) is 47.4 Å². The summed E-state index contributed by atoms with van der Waals surface area (Å²) in [5.41, 5.74) is 2.68. The van der Waals surface area contributed by atoms with E-state index in [-0.39, 0.29) is 12.4 Å². The second-order valence-electron chi connectivity index (χ2n) is 5.06. The fourth-order valence-electron chi connectivity index (χ4n) is 2.18. The third kappa shape index (κ3) is 3.94. The molecule has 0 unspecified atom stereocenters. The molecule has 1 aromatic heterocycles. The summed E-state index contributed by atoms with van der Waals surface area (Å²) in [6, 6.07) is 7.79. The van der Waals surface area contributed by atoms with Gasteiger partial charge in [-0.1, -0.05) is 13.3 Å². The van der Waals surface area contributed by atoms with Crippen LogP contribution < -0.4 is 4.74 Å². The Morgan fingerprint density at radius 1 is 1.29 bits per heavy atom. The number of ether oxygens (including phenoxy) is 2. The molecule has 21 heavy (non-hydrogen) atoms. The van der Waals surface area contributed by atoms with E-state index in [1.54, 1.807) is 0 Å². The number of hydrogen-bond donors (Lipinski definition) is 0. The Balaban J connectivity index is 2.25. The maximum absolute atomic E-state index is 11.3. The van der Waals surface area contributed by atoms with Crippen molar-refractivity contribution in [3.05, 3.63) is 35.5 Å². The topological polar surface area (TPSA) is 48.4 Å². The second-order valence-corrected chi connectivity index (χ2v) is 5.06. The molecule has 4 heteroatoms. The largest absolute Gasteiger partial charge is 0.494 e. The zero-order chi connectivity index (χ0) is 15.2. The van der Waals surface area contributed by atoms with Crippen LogP contribution in [0.1, 0.15) is 31.0 Å². The summed E-state index contributed by atoms with van der Waals surface area (Å²) in [5, 5.41) is 1.05. The first-order valence-electron chi connectivity index (χ1n) is 7.24. The van der Waals surface area contributed by atoms with Crippen LogP contribution in [0.15, 0.2) is 24.3 Å². The highest BCUT2D eigenvalue weighted by atomic mass is 16.5. The monoisotopic (exact) mass is 287 g/mol. The molecule has 1 aromatic carbocycles. The van der Waals surface area contributed by atoms with Crippen LogP contribution in [0.25, 0.3) is 10.9 Å². The van der Waals surface area contributed by atoms with Gasteiger partial charge in [-0.3, -0.25) is 9.78 Å². The lowest BCUT2D eigenvalue weighted by molar-refractivity contribution is -0.139. The molecule has 1 heterocycles. The minimum absolute atomic E-state index is 0.196. The van der Waals surface area contributed by atoms with Crippen LogP contribution in [0.4, 0.5) is 0 Å². The predicted molar refractivity (Wildman–Crippen MR) is 82.6 cm³/mol. The number of nitrogens with zero attached hydrogens (tertiary/aromatic N) is 1. The van der Waals surface area contributed by atoms with E-state index in [1.807, 2.05) is 31.2 Å². The van der Waals surface area contributed by atoms with Gasteiger partial charge in [0.15, 0.2) is 0 Å². The van der Waals surface area contributed by atoms with E-state index in [1.165, 1.54) is 7.11 Å². The molecule has 0 aliphatic heterocycles. The number of rotatable bonds is 6. The van der Waals surface area contributed by atoms with Gasteiger partial charge < -0.3 is 9.47 Å². The molecular weight excluding hydrogens is 266 g/mol. The van der Waals surface area contributed by atoms with Crippen molar-refractivity contribution in [3.63, 3.8) is 0 Å². The van der Waals surface area contributed by atoms with Crippen molar-refractivity contribution in [2.24, 2.45) is 0 Å². The highest BCUT2D eigenvalue weighted by Gasteiger charge is 2.08. The average Bonchev–Trinajstić information content (AvgIpc) is 2.48. The molecule has 2 rings (SSSR count). The molecule has 0 fully saturated rings. The van der Waals surface area contributed by atoms with Crippen molar-refractivity contribution in [1.29, 1.82) is 0 Å². The van der Waals surface area contributed by atoms with Crippen LogP contribution in [0.2, 0.25) is 0 Å². The van der Waals surface area contributed by atoms with Crippen LogP contribution in [0, 0.1) is 6.92 Å². The Morgan fingerprint density at radius 2 is 2.10 bits per heavy atom. The first kappa shape index (κ1) is 15.3. The van der Waals surface area contributed by atoms with Crippen molar-refractivity contribution < 1.29 is 14.3 Å². The first-order chi connectivity index (χ1) is 10.1. The van der Waals surface area contributed by atoms with Gasteiger partial charge in [0.2, 0.25) is 0 Å². The molecular formula is C17H21NO3. The summed E-state index contributed by atoms with van der Waals surface area (Å²) in [4.78, 5) is 15.9. The lowest BCUT2D eigenvalue weighted by Crippen LogP contribution is -2.06. The van der Waals surface area contributed by atoms with E-state index in [9.17, 15) is 4.79 Å². The fraction of sp³-hybridized carbons (Fsp3) is 0.412. The number of fused-ring (bicyclic) bond motifs is 1. The third-order valence-electron chi connectivity index (χ3n) is 3.36. The molecule has 112 valence electrons. The molecule has 0 radical (unpaired) electrons. The lowest BCUT2D eigenvalue weighted by Gasteiger charge is -2.09. The fourth-order valence-corrected chi connectivity index (χ4v) is 2.18. The number of pyridine rings is 1. The van der Waals surface area contributed by atoms with Gasteiger partial charge >= 0.3 is 5.97 Å². The van der Waals surface area contributed by atoms with Crippen molar-refractivity contribution in [2.75, 3.05) is 13.7 Å². The third-order valence-corrected chi connectivity index (χ3v) is 3.36. The maximum Gasteiger partial charge on any atom is 0.311 e. The first-order valence-corrected chi connectivity index (χ1v) is 7.24. The maximum atomic E-state index is 11.3. The summed E-state index contributed by atoms with van der Waals surface area (Å²) in [6.07, 6.45) is 2.36. The number of methoxy groups -OCH3 is 1. The molecule has 0 saturated heterocycles. The predicted octanol–water partition coefficient (Wildman–Crippen LogP) is 3.44. The van der Waals surface area contributed by atoms with Crippen molar-refractivity contribution >= 4 is 16.9 Å². The number of hydrogen-bond acceptors (Lipinski definition) is 4. The van der Waals surface area contributed by atoms with Crippen molar-refractivity contribution in [3.8, 4) is 5.75 Å². The van der Waals surface area contributed by atoms with Gasteiger partial charge in [0.05, 0.1) is 31.3 Å². The van der Waals surface area contributed by atoms with Gasteiger partial charge in [0.1, 0.15) is 5.75 Å². The summed E-state index contributed by atoms with van der Waals surface area (Å²) in [7, 11) is 1.39. The summed E-state index contributed by atoms with van der Waals surface area (Å²) >= 11 is 0. The number of benzene rings is 1. The number of esters is 1. The van der Waals surface area contributed by atoms with E-state index in [0.29, 0.717) is 0 Å². The summed E-state index contributed by atoms with van der Waals surface area (Å²) in [6.45, 7) is 4.89. The van der Waals surface area contributed by atoms with Crippen LogP contribution >= 0.6 is 0 Å². The Kier molecular flexibility index (Phi) is 5.14. The molecule has 0 N–H and O–H groups in total. The van der Waals surface area contributed by atoms with E-state index >= 15 is 0 Å². The standard InChI is InChI=1S/C17H21NO3/c1-4-5-8-21-14-6-7-16-15(11-14)12(2)9-13(18-16)10-17(19)20-3/h6-7,9,11H,4-5,8,10H2,1-3H3. The van der Waals surface area contributed by atoms with Gasteiger partial charge in [0.25, 0.3) is 0 Å². The Hall–Kier alpha value is -2.10. The van der Waals surface area contributed by atoms with Gasteiger partial charge in [-0.15, -0.1) is 0 Å².